The minimum absolute atomic E-state index is 0.0238. The third kappa shape index (κ3) is 2.02. The van der Waals surface area contributed by atoms with Crippen molar-refractivity contribution in [3.8, 4) is 6.07 Å². The Bertz CT molecular complexity index is 634. The van der Waals surface area contributed by atoms with Crippen molar-refractivity contribution < 1.29 is 4.79 Å². The molecule has 1 fully saturated rings. The van der Waals surface area contributed by atoms with Crippen molar-refractivity contribution >= 4 is 22.2 Å². The second-order valence-electron chi connectivity index (χ2n) is 7.39. The minimum atomic E-state index is 0.0238. The number of nitrogens with one attached hydrogen (secondary N) is 1. The molecule has 0 spiro atoms. The molecular formula is C17H22N2OS. The van der Waals surface area contributed by atoms with Gasteiger partial charge in [0.2, 0.25) is 5.91 Å². The van der Waals surface area contributed by atoms with E-state index in [2.05, 4.69) is 39.1 Å². The zero-order valence-electron chi connectivity index (χ0n) is 13.2. The number of rotatable bonds is 2. The predicted molar refractivity (Wildman–Crippen MR) is 85.4 cm³/mol. The standard InChI is InChI=1S/C17H22N2OS/c1-16(2)13(17(16,3)4)14(20)19-15-11(9-18)10-7-5-6-8-12(10)21-15/h13H,5-8H2,1-4H3,(H,19,20). The average Bonchev–Trinajstić information content (AvgIpc) is 2.69. The summed E-state index contributed by atoms with van der Waals surface area (Å²) in [5.41, 5.74) is 1.94. The molecule has 3 nitrogen and oxygen atoms in total. The van der Waals surface area contributed by atoms with Crippen LogP contribution in [0.3, 0.4) is 0 Å². The van der Waals surface area contributed by atoms with Crippen molar-refractivity contribution in [2.24, 2.45) is 16.7 Å². The Hall–Kier alpha value is -1.34. The molecule has 112 valence electrons. The maximum absolute atomic E-state index is 12.6. The minimum Gasteiger partial charge on any atom is -0.316 e. The van der Waals surface area contributed by atoms with Gasteiger partial charge in [0, 0.05) is 10.8 Å². The van der Waals surface area contributed by atoms with Crippen molar-refractivity contribution in [2.45, 2.75) is 53.4 Å². The number of nitrogens with zero attached hydrogens (tertiary/aromatic N) is 1. The topological polar surface area (TPSA) is 52.9 Å². The van der Waals surface area contributed by atoms with E-state index >= 15 is 0 Å². The van der Waals surface area contributed by atoms with Gasteiger partial charge in [0.1, 0.15) is 11.1 Å². The lowest BCUT2D eigenvalue weighted by molar-refractivity contribution is -0.118. The lowest BCUT2D eigenvalue weighted by Crippen LogP contribution is -2.17. The van der Waals surface area contributed by atoms with Crippen LogP contribution in [-0.4, -0.2) is 5.91 Å². The Morgan fingerprint density at radius 1 is 1.24 bits per heavy atom. The average molecular weight is 302 g/mol. The summed E-state index contributed by atoms with van der Waals surface area (Å²) in [6.45, 7) is 8.56. The number of hydrogen-bond donors (Lipinski definition) is 1. The summed E-state index contributed by atoms with van der Waals surface area (Å²) >= 11 is 1.61. The van der Waals surface area contributed by atoms with E-state index in [1.807, 2.05) is 0 Å². The monoisotopic (exact) mass is 302 g/mol. The van der Waals surface area contributed by atoms with E-state index in [4.69, 9.17) is 0 Å². The zero-order valence-corrected chi connectivity index (χ0v) is 14.0. The van der Waals surface area contributed by atoms with Gasteiger partial charge in [-0.15, -0.1) is 11.3 Å². The summed E-state index contributed by atoms with van der Waals surface area (Å²) in [6.07, 6.45) is 4.36. The van der Waals surface area contributed by atoms with Crippen molar-refractivity contribution in [3.05, 3.63) is 16.0 Å². The highest BCUT2D eigenvalue weighted by Gasteiger charge is 2.68. The lowest BCUT2D eigenvalue weighted by atomic mass is 9.96. The van der Waals surface area contributed by atoms with Gasteiger partial charge in [0.05, 0.1) is 5.56 Å². The third-order valence-electron chi connectivity index (χ3n) is 5.80. The molecule has 21 heavy (non-hydrogen) atoms. The molecule has 2 aliphatic rings. The molecule has 0 aliphatic heterocycles. The van der Waals surface area contributed by atoms with Gasteiger partial charge in [-0.25, -0.2) is 0 Å². The van der Waals surface area contributed by atoms with Crippen LogP contribution in [0.5, 0.6) is 0 Å². The van der Waals surface area contributed by atoms with Gasteiger partial charge < -0.3 is 5.32 Å². The van der Waals surface area contributed by atoms with Crippen molar-refractivity contribution in [1.82, 2.24) is 0 Å². The molecule has 0 atom stereocenters. The van der Waals surface area contributed by atoms with E-state index < -0.39 is 0 Å². The normalized spacial score (nSPS) is 22.2. The molecule has 1 amide bonds. The van der Waals surface area contributed by atoms with Gasteiger partial charge in [-0.2, -0.15) is 5.26 Å². The van der Waals surface area contributed by atoms with Crippen LogP contribution >= 0.6 is 11.3 Å². The van der Waals surface area contributed by atoms with Crippen LogP contribution < -0.4 is 5.32 Å². The van der Waals surface area contributed by atoms with Gasteiger partial charge in [-0.1, -0.05) is 27.7 Å². The number of nitriles is 1. The third-order valence-corrected chi connectivity index (χ3v) is 7.01. The van der Waals surface area contributed by atoms with Gasteiger partial charge >= 0.3 is 0 Å². The SMILES string of the molecule is CC1(C)C(C(=O)Nc2sc3c(c2C#N)CCCC3)C1(C)C. The first-order valence-corrected chi connectivity index (χ1v) is 8.48. The first-order valence-electron chi connectivity index (χ1n) is 7.66. The zero-order chi connectivity index (χ0) is 15.4. The maximum atomic E-state index is 12.6. The fourth-order valence-corrected chi connectivity index (χ4v) is 5.05. The number of thiophene rings is 1. The molecular weight excluding hydrogens is 280 g/mol. The van der Waals surface area contributed by atoms with E-state index in [0.29, 0.717) is 5.56 Å². The fourth-order valence-electron chi connectivity index (χ4n) is 3.81. The van der Waals surface area contributed by atoms with Crippen LogP contribution in [-0.2, 0) is 17.6 Å². The summed E-state index contributed by atoms with van der Waals surface area (Å²) in [5, 5.41) is 13.3. The Morgan fingerprint density at radius 2 is 1.86 bits per heavy atom. The summed E-state index contributed by atoms with van der Waals surface area (Å²) in [5.74, 6) is 0.0933. The summed E-state index contributed by atoms with van der Waals surface area (Å²) in [4.78, 5) is 13.9. The van der Waals surface area contributed by atoms with Crippen LogP contribution in [0.1, 0.15) is 56.5 Å². The van der Waals surface area contributed by atoms with Gasteiger partial charge in [-0.3, -0.25) is 4.79 Å². The molecule has 4 heteroatoms. The highest BCUT2D eigenvalue weighted by atomic mass is 32.1. The number of anilines is 1. The fraction of sp³-hybridized carbons (Fsp3) is 0.647. The molecule has 0 bridgehead atoms. The van der Waals surface area contributed by atoms with Crippen molar-refractivity contribution in [2.75, 3.05) is 5.32 Å². The number of amides is 1. The van der Waals surface area contributed by atoms with Crippen LogP contribution in [0.25, 0.3) is 0 Å². The van der Waals surface area contributed by atoms with Crippen LogP contribution in [0.15, 0.2) is 0 Å². The van der Waals surface area contributed by atoms with Gasteiger partial charge in [0.25, 0.3) is 0 Å². The molecule has 0 radical (unpaired) electrons. The highest BCUT2D eigenvalue weighted by Crippen LogP contribution is 2.68. The van der Waals surface area contributed by atoms with Crippen LogP contribution in [0, 0.1) is 28.1 Å². The molecule has 2 aliphatic carbocycles. The highest BCUT2D eigenvalue weighted by molar-refractivity contribution is 7.16. The maximum Gasteiger partial charge on any atom is 0.229 e. The van der Waals surface area contributed by atoms with E-state index in [-0.39, 0.29) is 22.7 Å². The van der Waals surface area contributed by atoms with Crippen molar-refractivity contribution in [1.29, 1.82) is 5.26 Å². The second-order valence-corrected chi connectivity index (χ2v) is 8.50. The first kappa shape index (κ1) is 14.6. The van der Waals surface area contributed by atoms with E-state index in [0.717, 1.165) is 24.3 Å². The lowest BCUT2D eigenvalue weighted by Gasteiger charge is -2.09. The molecule has 0 aromatic carbocycles. The first-order chi connectivity index (χ1) is 9.80. The smallest absolute Gasteiger partial charge is 0.229 e. The summed E-state index contributed by atoms with van der Waals surface area (Å²) in [6, 6.07) is 2.31. The Morgan fingerprint density at radius 3 is 2.43 bits per heavy atom. The van der Waals surface area contributed by atoms with Gasteiger partial charge in [0.15, 0.2) is 0 Å². The Balaban J connectivity index is 1.85. The number of carbonyl (C=O) groups is 1. The van der Waals surface area contributed by atoms with Crippen LogP contribution in [0.2, 0.25) is 0 Å². The molecule has 1 aromatic rings. The summed E-state index contributed by atoms with van der Waals surface area (Å²) in [7, 11) is 0. The number of aryl methyl sites for hydroxylation is 1. The molecule has 3 rings (SSSR count). The van der Waals surface area contributed by atoms with E-state index in [1.54, 1.807) is 11.3 Å². The molecule has 0 unspecified atom stereocenters. The Kier molecular flexibility index (Phi) is 3.18. The van der Waals surface area contributed by atoms with E-state index in [1.165, 1.54) is 16.9 Å². The quantitative estimate of drug-likeness (QED) is 0.893. The van der Waals surface area contributed by atoms with Gasteiger partial charge in [-0.05, 0) is 42.1 Å². The largest absolute Gasteiger partial charge is 0.316 e. The molecule has 1 N–H and O–H groups in total. The Labute approximate surface area is 130 Å². The molecule has 1 saturated carbocycles. The van der Waals surface area contributed by atoms with E-state index in [9.17, 15) is 10.1 Å². The molecule has 0 saturated heterocycles. The molecule has 1 aromatic heterocycles. The number of carbonyl (C=O) groups excluding carboxylic acids is 1. The molecule has 1 heterocycles. The van der Waals surface area contributed by atoms with Crippen molar-refractivity contribution in [3.63, 3.8) is 0 Å². The number of hydrogen-bond acceptors (Lipinski definition) is 3. The second kappa shape index (κ2) is 4.58. The number of fused-ring (bicyclic) bond motifs is 1. The predicted octanol–water partition coefficient (Wildman–Crippen LogP) is 4.12. The summed E-state index contributed by atoms with van der Waals surface area (Å²) < 4.78 is 0. The van der Waals surface area contributed by atoms with Crippen LogP contribution in [0.4, 0.5) is 5.00 Å².